The van der Waals surface area contributed by atoms with Gasteiger partial charge in [0.15, 0.2) is 5.76 Å². The van der Waals surface area contributed by atoms with Crippen molar-refractivity contribution in [1.82, 2.24) is 20.0 Å². The van der Waals surface area contributed by atoms with Crippen LogP contribution in [0.1, 0.15) is 12.1 Å². The fourth-order valence-electron chi connectivity index (χ4n) is 2.02. The second-order valence-corrected chi connectivity index (χ2v) is 4.93. The molecule has 8 nitrogen and oxygen atoms in total. The van der Waals surface area contributed by atoms with Crippen LogP contribution in [0.2, 0.25) is 0 Å². The van der Waals surface area contributed by atoms with E-state index >= 15 is 0 Å². The first-order valence-corrected chi connectivity index (χ1v) is 7.15. The number of aromatic nitrogens is 3. The number of nitrogens with one attached hydrogen (secondary N) is 1. The molecule has 0 fully saturated rings. The van der Waals surface area contributed by atoms with Gasteiger partial charge >= 0.3 is 6.09 Å². The van der Waals surface area contributed by atoms with Crippen molar-refractivity contribution in [3.8, 4) is 17.4 Å². The molecule has 0 aliphatic carbocycles. The summed E-state index contributed by atoms with van der Waals surface area (Å²) in [5, 5.41) is 6.31. The molecule has 1 amide bonds. The van der Waals surface area contributed by atoms with Crippen molar-refractivity contribution in [3.63, 3.8) is 0 Å². The number of carbonyl (C=O) groups is 1. The van der Waals surface area contributed by atoms with Gasteiger partial charge in [0, 0.05) is 19.3 Å². The normalized spacial score (nSPS) is 10.7. The van der Waals surface area contributed by atoms with Crippen molar-refractivity contribution in [2.24, 2.45) is 0 Å². The van der Waals surface area contributed by atoms with Gasteiger partial charge in [-0.3, -0.25) is 0 Å². The summed E-state index contributed by atoms with van der Waals surface area (Å²) in [5.41, 5.74) is 0.968. The lowest BCUT2D eigenvalue weighted by Gasteiger charge is -2.04. The number of imidazole rings is 1. The summed E-state index contributed by atoms with van der Waals surface area (Å²) in [5.74, 6) is 0.996. The second kappa shape index (κ2) is 6.82. The summed E-state index contributed by atoms with van der Waals surface area (Å²) < 4.78 is 17.2. The average Bonchev–Trinajstić information content (AvgIpc) is 3.25. The van der Waals surface area contributed by atoms with E-state index in [1.165, 1.54) is 12.3 Å². The summed E-state index contributed by atoms with van der Waals surface area (Å²) in [4.78, 5) is 15.8. The number of ether oxygens (including phenoxy) is 1. The van der Waals surface area contributed by atoms with Gasteiger partial charge in [0.05, 0.1) is 24.4 Å². The van der Waals surface area contributed by atoms with Crippen molar-refractivity contribution in [2.75, 3.05) is 6.54 Å². The molecule has 0 aliphatic heterocycles. The van der Waals surface area contributed by atoms with Crippen LogP contribution in [-0.2, 0) is 6.54 Å². The molecule has 8 heteroatoms. The van der Waals surface area contributed by atoms with E-state index in [1.54, 1.807) is 18.5 Å². The highest BCUT2D eigenvalue weighted by Gasteiger charge is 2.12. The fourth-order valence-corrected chi connectivity index (χ4v) is 2.02. The number of hydrogen-bond donors (Lipinski definition) is 1. The zero-order valence-electron chi connectivity index (χ0n) is 12.6. The van der Waals surface area contributed by atoms with Crippen molar-refractivity contribution in [3.05, 3.63) is 42.7 Å². The Kier molecular flexibility index (Phi) is 4.41. The molecule has 0 bridgehead atoms. The molecule has 0 saturated carbocycles. The molecule has 0 atom stereocenters. The van der Waals surface area contributed by atoms with Gasteiger partial charge < -0.3 is 23.6 Å². The topological polar surface area (TPSA) is 95.3 Å². The standard InChI is InChI=1S/C15H16N4O4/c1-11-9-19(10-17-11)6-3-5-16-15(20)22-14-8-13(23-18-14)12-4-2-7-21-12/h2,4,7-10H,3,5-6H2,1H3,(H,16,20). The van der Waals surface area contributed by atoms with Gasteiger partial charge in [-0.1, -0.05) is 0 Å². The Morgan fingerprint density at radius 3 is 3.09 bits per heavy atom. The Morgan fingerprint density at radius 1 is 1.43 bits per heavy atom. The summed E-state index contributed by atoms with van der Waals surface area (Å²) in [7, 11) is 0. The summed E-state index contributed by atoms with van der Waals surface area (Å²) in [6.07, 6.45) is 5.42. The molecule has 120 valence electrons. The van der Waals surface area contributed by atoms with Crippen LogP contribution in [-0.4, -0.2) is 27.3 Å². The van der Waals surface area contributed by atoms with Gasteiger partial charge in [0.1, 0.15) is 0 Å². The van der Waals surface area contributed by atoms with Crippen LogP contribution in [0.4, 0.5) is 4.79 Å². The molecule has 3 aromatic heterocycles. The Balaban J connectivity index is 1.41. The van der Waals surface area contributed by atoms with E-state index in [-0.39, 0.29) is 5.88 Å². The number of rotatable bonds is 6. The SMILES string of the molecule is Cc1cn(CCCNC(=O)Oc2cc(-c3ccco3)on2)cn1. The third-order valence-corrected chi connectivity index (χ3v) is 3.07. The first-order valence-electron chi connectivity index (χ1n) is 7.15. The smallest absolute Gasteiger partial charge is 0.414 e. The van der Waals surface area contributed by atoms with Crippen LogP contribution in [0.15, 0.2) is 45.9 Å². The molecule has 0 unspecified atom stereocenters. The van der Waals surface area contributed by atoms with E-state index in [0.29, 0.717) is 18.1 Å². The van der Waals surface area contributed by atoms with Crippen LogP contribution in [0.3, 0.4) is 0 Å². The molecular weight excluding hydrogens is 300 g/mol. The van der Waals surface area contributed by atoms with Crippen LogP contribution >= 0.6 is 0 Å². The molecule has 0 aliphatic rings. The van der Waals surface area contributed by atoms with E-state index in [4.69, 9.17) is 13.7 Å². The minimum atomic E-state index is -0.578. The van der Waals surface area contributed by atoms with Crippen LogP contribution in [0.5, 0.6) is 5.88 Å². The number of furan rings is 1. The summed E-state index contributed by atoms with van der Waals surface area (Å²) in [6.45, 7) is 3.19. The molecule has 23 heavy (non-hydrogen) atoms. The molecule has 0 radical (unpaired) electrons. The van der Waals surface area contributed by atoms with Crippen molar-refractivity contribution in [2.45, 2.75) is 19.9 Å². The largest absolute Gasteiger partial charge is 0.461 e. The van der Waals surface area contributed by atoms with Crippen molar-refractivity contribution >= 4 is 6.09 Å². The van der Waals surface area contributed by atoms with E-state index in [2.05, 4.69) is 15.5 Å². The van der Waals surface area contributed by atoms with Crippen LogP contribution < -0.4 is 10.1 Å². The molecule has 3 rings (SSSR count). The van der Waals surface area contributed by atoms with Gasteiger partial charge in [0.2, 0.25) is 5.76 Å². The minimum Gasteiger partial charge on any atom is -0.461 e. The van der Waals surface area contributed by atoms with Gasteiger partial charge in [-0.2, -0.15) is 0 Å². The number of aryl methyl sites for hydroxylation is 2. The van der Waals surface area contributed by atoms with Gasteiger partial charge in [-0.15, -0.1) is 0 Å². The molecule has 3 heterocycles. The van der Waals surface area contributed by atoms with Crippen LogP contribution in [0, 0.1) is 6.92 Å². The molecule has 1 N–H and O–H groups in total. The second-order valence-electron chi connectivity index (χ2n) is 4.93. The number of hydrogen-bond acceptors (Lipinski definition) is 6. The minimum absolute atomic E-state index is 0.0825. The van der Waals surface area contributed by atoms with Gasteiger partial charge in [-0.25, -0.2) is 9.78 Å². The Bertz CT molecular complexity index is 760. The predicted octanol–water partition coefficient (Wildman–Crippen LogP) is 2.62. The van der Waals surface area contributed by atoms with Gasteiger partial charge in [-0.05, 0) is 30.6 Å². The van der Waals surface area contributed by atoms with E-state index in [9.17, 15) is 4.79 Å². The molecular formula is C15H16N4O4. The van der Waals surface area contributed by atoms with E-state index < -0.39 is 6.09 Å². The zero-order valence-corrected chi connectivity index (χ0v) is 12.6. The molecule has 0 saturated heterocycles. The highest BCUT2D eigenvalue weighted by molar-refractivity contribution is 5.70. The maximum atomic E-state index is 11.7. The summed E-state index contributed by atoms with van der Waals surface area (Å²) >= 11 is 0. The Hall–Kier alpha value is -3.03. The lowest BCUT2D eigenvalue weighted by Crippen LogP contribution is -2.28. The van der Waals surface area contributed by atoms with Crippen molar-refractivity contribution < 1.29 is 18.5 Å². The lowest BCUT2D eigenvalue weighted by atomic mass is 10.3. The quantitative estimate of drug-likeness (QED) is 0.702. The number of amides is 1. The van der Waals surface area contributed by atoms with Crippen molar-refractivity contribution in [1.29, 1.82) is 0 Å². The molecule has 0 spiro atoms. The third-order valence-electron chi connectivity index (χ3n) is 3.07. The van der Waals surface area contributed by atoms with Gasteiger partial charge in [0.25, 0.3) is 5.88 Å². The first kappa shape index (κ1) is 14.9. The number of nitrogens with zero attached hydrogens (tertiary/aromatic N) is 3. The highest BCUT2D eigenvalue weighted by Crippen LogP contribution is 2.23. The maximum absolute atomic E-state index is 11.7. The van der Waals surface area contributed by atoms with Crippen LogP contribution in [0.25, 0.3) is 11.5 Å². The summed E-state index contributed by atoms with van der Waals surface area (Å²) in [6, 6.07) is 4.95. The third kappa shape index (κ3) is 4.00. The zero-order chi connectivity index (χ0) is 16.1. The van der Waals surface area contributed by atoms with E-state index in [1.807, 2.05) is 17.7 Å². The monoisotopic (exact) mass is 316 g/mol. The Morgan fingerprint density at radius 2 is 2.35 bits per heavy atom. The molecule has 0 aromatic carbocycles. The fraction of sp³-hybridized carbons (Fsp3) is 0.267. The van der Waals surface area contributed by atoms with E-state index in [0.717, 1.165) is 18.7 Å². The predicted molar refractivity (Wildman–Crippen MR) is 79.8 cm³/mol. The number of carbonyl (C=O) groups excluding carboxylic acids is 1. The first-order chi connectivity index (χ1) is 11.2. The maximum Gasteiger partial charge on any atom is 0.414 e. The Labute approximate surface area is 132 Å². The lowest BCUT2D eigenvalue weighted by molar-refractivity contribution is 0.195. The molecule has 3 aromatic rings. The average molecular weight is 316 g/mol. The highest BCUT2D eigenvalue weighted by atomic mass is 16.6.